The lowest BCUT2D eigenvalue weighted by atomic mass is 10.2. The molecule has 0 radical (unpaired) electrons. The topological polar surface area (TPSA) is 65.4 Å². The molecule has 0 aliphatic carbocycles. The zero-order chi connectivity index (χ0) is 17.9. The number of hydrogen-bond donors (Lipinski definition) is 1. The second kappa shape index (κ2) is 7.37. The summed E-state index contributed by atoms with van der Waals surface area (Å²) in [4.78, 5) is 11.9. The maximum atomic E-state index is 11.9. The number of para-hydroxylation sites is 1. The van der Waals surface area contributed by atoms with Crippen molar-refractivity contribution in [2.45, 2.75) is 45.4 Å². The Bertz CT molecular complexity index is 766. The molecule has 2 aromatic rings. The quantitative estimate of drug-likeness (QED) is 0.684. The van der Waals surface area contributed by atoms with Crippen LogP contribution in [0.2, 0.25) is 0 Å². The van der Waals surface area contributed by atoms with E-state index in [0.717, 1.165) is 36.0 Å². The lowest BCUT2D eigenvalue weighted by Crippen LogP contribution is -2.22. The third-order valence-corrected chi connectivity index (χ3v) is 3.88. The highest BCUT2D eigenvalue weighted by molar-refractivity contribution is 5.92. The predicted octanol–water partition coefficient (Wildman–Crippen LogP) is 3.25. The first-order valence-corrected chi connectivity index (χ1v) is 8.65. The van der Waals surface area contributed by atoms with E-state index >= 15 is 0 Å². The molecule has 1 aliphatic heterocycles. The van der Waals surface area contributed by atoms with E-state index in [4.69, 9.17) is 14.6 Å². The van der Waals surface area contributed by atoms with Crippen molar-refractivity contribution in [3.05, 3.63) is 36.0 Å². The van der Waals surface area contributed by atoms with Gasteiger partial charge in [0.25, 0.3) is 0 Å². The fourth-order valence-corrected chi connectivity index (χ4v) is 2.84. The molecular weight excluding hydrogens is 318 g/mol. The van der Waals surface area contributed by atoms with Gasteiger partial charge in [-0.15, -0.1) is 0 Å². The molecule has 25 heavy (non-hydrogen) atoms. The third-order valence-electron chi connectivity index (χ3n) is 3.88. The maximum absolute atomic E-state index is 11.9. The maximum Gasteiger partial charge on any atom is 0.331 e. The van der Waals surface area contributed by atoms with Crippen molar-refractivity contribution < 1.29 is 14.3 Å². The Morgan fingerprint density at radius 3 is 3.00 bits per heavy atom. The van der Waals surface area contributed by atoms with Crippen LogP contribution in [0.25, 0.3) is 17.0 Å². The molecule has 1 aromatic carbocycles. The van der Waals surface area contributed by atoms with Gasteiger partial charge in [-0.2, -0.15) is 5.10 Å². The number of aromatic nitrogens is 2. The minimum Gasteiger partial charge on any atom is -0.457 e. The van der Waals surface area contributed by atoms with Crippen molar-refractivity contribution in [3.63, 3.8) is 0 Å². The van der Waals surface area contributed by atoms with Crippen LogP contribution < -0.4 is 5.32 Å². The predicted molar refractivity (Wildman–Crippen MR) is 96.8 cm³/mol. The fourth-order valence-electron chi connectivity index (χ4n) is 2.84. The van der Waals surface area contributed by atoms with Gasteiger partial charge in [-0.3, -0.25) is 5.32 Å². The van der Waals surface area contributed by atoms with Crippen LogP contribution in [0, 0.1) is 0 Å². The summed E-state index contributed by atoms with van der Waals surface area (Å²) in [5.41, 5.74) is 1.23. The Morgan fingerprint density at radius 1 is 1.40 bits per heavy atom. The number of benzene rings is 1. The Balaban J connectivity index is 1.90. The Morgan fingerprint density at radius 2 is 2.20 bits per heavy atom. The van der Waals surface area contributed by atoms with E-state index in [1.165, 1.54) is 6.08 Å². The van der Waals surface area contributed by atoms with Crippen LogP contribution in [0.5, 0.6) is 0 Å². The summed E-state index contributed by atoms with van der Waals surface area (Å²) >= 11 is 0. The number of esters is 1. The summed E-state index contributed by atoms with van der Waals surface area (Å²) in [6, 6.07) is 7.98. The van der Waals surface area contributed by atoms with Crippen LogP contribution in [-0.4, -0.2) is 34.6 Å². The van der Waals surface area contributed by atoms with Crippen molar-refractivity contribution in [1.82, 2.24) is 15.1 Å². The second-order valence-electron chi connectivity index (χ2n) is 7.12. The molecule has 134 valence electrons. The zero-order valence-corrected chi connectivity index (χ0v) is 15.0. The van der Waals surface area contributed by atoms with Crippen molar-refractivity contribution in [2.75, 3.05) is 13.3 Å². The summed E-state index contributed by atoms with van der Waals surface area (Å²) in [6.07, 6.45) is 4.96. The van der Waals surface area contributed by atoms with Crippen LogP contribution in [0.1, 0.15) is 45.5 Å². The molecule has 1 fully saturated rings. The van der Waals surface area contributed by atoms with Crippen molar-refractivity contribution in [2.24, 2.45) is 0 Å². The molecule has 1 N–H and O–H groups in total. The highest BCUT2D eigenvalue weighted by atomic mass is 16.6. The minimum atomic E-state index is -0.510. The SMILES string of the molecule is CC(C)(C)OC(=O)/C=C/c1nn(C2CCCNCO2)c2ccccc12. The average molecular weight is 343 g/mol. The number of carbonyl (C=O) groups excluding carboxylic acids is 1. The van der Waals surface area contributed by atoms with Gasteiger partial charge in [-0.1, -0.05) is 18.2 Å². The lowest BCUT2D eigenvalue weighted by Gasteiger charge is -2.17. The molecule has 1 aromatic heterocycles. The van der Waals surface area contributed by atoms with E-state index in [0.29, 0.717) is 6.73 Å². The van der Waals surface area contributed by atoms with Gasteiger partial charge in [0.1, 0.15) is 5.60 Å². The largest absolute Gasteiger partial charge is 0.457 e. The molecule has 1 saturated heterocycles. The minimum absolute atomic E-state index is 0.108. The van der Waals surface area contributed by atoms with Gasteiger partial charge in [0.15, 0.2) is 6.23 Å². The molecule has 0 spiro atoms. The van der Waals surface area contributed by atoms with Gasteiger partial charge >= 0.3 is 5.97 Å². The van der Waals surface area contributed by atoms with Gasteiger partial charge in [0, 0.05) is 11.5 Å². The molecule has 1 atom stereocenters. The average Bonchev–Trinajstić information content (AvgIpc) is 2.72. The Labute approximate surface area is 147 Å². The Kier molecular flexibility index (Phi) is 5.20. The number of fused-ring (bicyclic) bond motifs is 1. The highest BCUT2D eigenvalue weighted by Gasteiger charge is 2.19. The first-order chi connectivity index (χ1) is 11.9. The summed E-state index contributed by atoms with van der Waals surface area (Å²) in [7, 11) is 0. The lowest BCUT2D eigenvalue weighted by molar-refractivity contribution is -0.148. The van der Waals surface area contributed by atoms with Crippen molar-refractivity contribution in [3.8, 4) is 0 Å². The van der Waals surface area contributed by atoms with E-state index < -0.39 is 5.60 Å². The van der Waals surface area contributed by atoms with Crippen LogP contribution in [0.4, 0.5) is 0 Å². The molecule has 1 unspecified atom stereocenters. The summed E-state index contributed by atoms with van der Waals surface area (Å²) in [6.45, 7) is 7.00. The van der Waals surface area contributed by atoms with E-state index in [1.54, 1.807) is 6.08 Å². The summed E-state index contributed by atoms with van der Waals surface area (Å²) < 4.78 is 13.1. The number of nitrogens with one attached hydrogen (secondary N) is 1. The molecule has 0 amide bonds. The van der Waals surface area contributed by atoms with Gasteiger partial charge in [0.05, 0.1) is 17.9 Å². The van der Waals surface area contributed by atoms with E-state index in [1.807, 2.05) is 49.7 Å². The second-order valence-corrected chi connectivity index (χ2v) is 7.12. The summed E-state index contributed by atoms with van der Waals surface area (Å²) in [5, 5.41) is 8.91. The molecule has 3 rings (SSSR count). The fraction of sp³-hybridized carbons (Fsp3) is 0.474. The molecule has 6 heteroatoms. The number of ether oxygens (including phenoxy) is 2. The van der Waals surface area contributed by atoms with E-state index in [2.05, 4.69) is 5.32 Å². The van der Waals surface area contributed by atoms with Crippen LogP contribution >= 0.6 is 0 Å². The van der Waals surface area contributed by atoms with Crippen LogP contribution in [0.15, 0.2) is 30.3 Å². The number of nitrogens with zero attached hydrogens (tertiary/aromatic N) is 2. The first-order valence-electron chi connectivity index (χ1n) is 8.65. The highest BCUT2D eigenvalue weighted by Crippen LogP contribution is 2.26. The van der Waals surface area contributed by atoms with Gasteiger partial charge in [0.2, 0.25) is 0 Å². The summed E-state index contributed by atoms with van der Waals surface area (Å²) in [5.74, 6) is -0.374. The van der Waals surface area contributed by atoms with Crippen LogP contribution in [-0.2, 0) is 14.3 Å². The van der Waals surface area contributed by atoms with E-state index in [9.17, 15) is 4.79 Å². The normalized spacial score (nSPS) is 19.2. The Hall–Kier alpha value is -2.18. The van der Waals surface area contributed by atoms with E-state index in [-0.39, 0.29) is 12.2 Å². The van der Waals surface area contributed by atoms with Crippen LogP contribution in [0.3, 0.4) is 0 Å². The molecule has 6 nitrogen and oxygen atoms in total. The number of hydrogen-bond acceptors (Lipinski definition) is 5. The standard InChI is InChI=1S/C19H25N3O3/c1-19(2,3)25-18(23)11-10-15-14-7-4-5-8-16(14)22(21-15)17-9-6-12-20-13-24-17/h4-5,7-8,10-11,17,20H,6,9,12-13H2,1-3H3/b11-10+. The van der Waals surface area contributed by atoms with Gasteiger partial charge in [-0.25, -0.2) is 9.48 Å². The molecule has 2 heterocycles. The van der Waals surface area contributed by atoms with Gasteiger partial charge in [-0.05, 0) is 52.3 Å². The number of rotatable bonds is 3. The van der Waals surface area contributed by atoms with Crippen molar-refractivity contribution >= 4 is 22.9 Å². The zero-order valence-electron chi connectivity index (χ0n) is 15.0. The molecule has 0 bridgehead atoms. The molecule has 1 aliphatic rings. The third kappa shape index (κ3) is 4.46. The molecular formula is C19H25N3O3. The number of carbonyl (C=O) groups is 1. The smallest absolute Gasteiger partial charge is 0.331 e. The van der Waals surface area contributed by atoms with Crippen molar-refractivity contribution in [1.29, 1.82) is 0 Å². The molecule has 0 saturated carbocycles. The monoisotopic (exact) mass is 343 g/mol. The van der Waals surface area contributed by atoms with Gasteiger partial charge < -0.3 is 9.47 Å². The first kappa shape index (κ1) is 17.6.